The Morgan fingerprint density at radius 2 is 1.70 bits per heavy atom. The van der Waals surface area contributed by atoms with Gasteiger partial charge in [-0.1, -0.05) is 0 Å². The Bertz CT molecular complexity index is 650. The number of nitrogens with one attached hydrogen (secondary N) is 1. The van der Waals surface area contributed by atoms with Crippen molar-refractivity contribution in [2.75, 3.05) is 31.1 Å². The van der Waals surface area contributed by atoms with Crippen LogP contribution < -0.4 is 10.2 Å². The van der Waals surface area contributed by atoms with Gasteiger partial charge in [-0.05, 0) is 63.2 Å². The highest BCUT2D eigenvalue weighted by Crippen LogP contribution is 2.55. The van der Waals surface area contributed by atoms with Crippen LogP contribution in [0.5, 0.6) is 0 Å². The van der Waals surface area contributed by atoms with Gasteiger partial charge in [0.15, 0.2) is 0 Å². The van der Waals surface area contributed by atoms with Crippen LogP contribution in [0.4, 0.5) is 5.82 Å². The van der Waals surface area contributed by atoms with Crippen LogP contribution in [-0.4, -0.2) is 58.5 Å². The van der Waals surface area contributed by atoms with Crippen LogP contribution in [0.25, 0.3) is 0 Å². The van der Waals surface area contributed by atoms with Gasteiger partial charge >= 0.3 is 0 Å². The van der Waals surface area contributed by atoms with Crippen LogP contribution in [0.3, 0.4) is 0 Å². The number of hydrogen-bond donors (Lipinski definition) is 1. The first kappa shape index (κ1) is 17.4. The molecule has 5 fully saturated rings. The van der Waals surface area contributed by atoms with Gasteiger partial charge in [0, 0.05) is 44.1 Å². The summed E-state index contributed by atoms with van der Waals surface area (Å²) < 4.78 is 0. The second kappa shape index (κ2) is 6.73. The monoisotopic (exact) mass is 369 g/mol. The van der Waals surface area contributed by atoms with E-state index in [1.54, 1.807) is 12.4 Å². The van der Waals surface area contributed by atoms with E-state index in [2.05, 4.69) is 32.0 Å². The first-order chi connectivity index (χ1) is 13.1. The fourth-order valence-corrected chi connectivity index (χ4v) is 6.59. The summed E-state index contributed by atoms with van der Waals surface area (Å²) in [5, 5.41) is 3.55. The fraction of sp³-hybridized carbons (Fsp3) is 0.762. The molecule has 1 saturated heterocycles. The van der Waals surface area contributed by atoms with Gasteiger partial charge < -0.3 is 10.2 Å². The predicted octanol–water partition coefficient (Wildman–Crippen LogP) is 2.07. The maximum absolute atomic E-state index is 13.1. The fourth-order valence-electron chi connectivity index (χ4n) is 6.59. The molecule has 6 heteroatoms. The molecule has 2 heterocycles. The molecule has 1 aliphatic heterocycles. The molecule has 1 N–H and O–H groups in total. The molecule has 0 spiro atoms. The molecule has 1 atom stereocenters. The minimum atomic E-state index is -0.0537. The Hall–Kier alpha value is -1.69. The second-order valence-electron chi connectivity index (χ2n) is 9.45. The first-order valence-corrected chi connectivity index (χ1v) is 10.7. The summed E-state index contributed by atoms with van der Waals surface area (Å²) >= 11 is 0. The number of amides is 1. The van der Waals surface area contributed by atoms with Gasteiger partial charge in [-0.25, -0.2) is 4.98 Å². The lowest BCUT2D eigenvalue weighted by molar-refractivity contribution is -0.131. The molecule has 1 aromatic heterocycles. The van der Waals surface area contributed by atoms with Crippen molar-refractivity contribution in [1.82, 2.24) is 20.2 Å². The molecule has 6 rings (SSSR count). The Balaban J connectivity index is 1.18. The van der Waals surface area contributed by atoms with Gasteiger partial charge in [0.05, 0.1) is 12.2 Å². The quantitative estimate of drug-likeness (QED) is 0.880. The SMILES string of the molecule is CC(C(=O)NC12CC3CC(CC(C3)C1)C2)N1CCN(c2cnccn2)CC1. The summed E-state index contributed by atoms with van der Waals surface area (Å²) in [5.74, 6) is 3.76. The van der Waals surface area contributed by atoms with Crippen molar-refractivity contribution in [1.29, 1.82) is 0 Å². The third kappa shape index (κ3) is 3.33. The highest BCUT2D eigenvalue weighted by molar-refractivity contribution is 5.82. The molecule has 6 nitrogen and oxygen atoms in total. The van der Waals surface area contributed by atoms with Gasteiger partial charge in [0.1, 0.15) is 5.82 Å². The summed E-state index contributed by atoms with van der Waals surface area (Å²) in [7, 11) is 0. The largest absolute Gasteiger partial charge is 0.353 e. The van der Waals surface area contributed by atoms with E-state index in [0.717, 1.165) is 49.8 Å². The molecule has 1 amide bonds. The van der Waals surface area contributed by atoms with Crippen LogP contribution in [-0.2, 0) is 4.79 Å². The van der Waals surface area contributed by atoms with Crippen LogP contribution in [0, 0.1) is 17.8 Å². The summed E-state index contributed by atoms with van der Waals surface area (Å²) in [6.45, 7) is 5.66. The van der Waals surface area contributed by atoms with Crippen LogP contribution >= 0.6 is 0 Å². The molecule has 0 aromatic carbocycles. The van der Waals surface area contributed by atoms with E-state index in [1.165, 1.54) is 38.5 Å². The molecule has 146 valence electrons. The van der Waals surface area contributed by atoms with Gasteiger partial charge in [-0.2, -0.15) is 0 Å². The molecule has 4 bridgehead atoms. The number of anilines is 1. The number of rotatable bonds is 4. The third-order valence-electron chi connectivity index (χ3n) is 7.54. The van der Waals surface area contributed by atoms with E-state index in [0.29, 0.717) is 0 Å². The van der Waals surface area contributed by atoms with Gasteiger partial charge in [-0.3, -0.25) is 14.7 Å². The molecule has 1 unspecified atom stereocenters. The Morgan fingerprint density at radius 1 is 1.07 bits per heavy atom. The molecule has 4 aliphatic carbocycles. The summed E-state index contributed by atoms with van der Waals surface area (Å²) in [4.78, 5) is 26.2. The van der Waals surface area contributed by atoms with Crippen LogP contribution in [0.15, 0.2) is 18.6 Å². The summed E-state index contributed by atoms with van der Waals surface area (Å²) in [6, 6.07) is -0.0537. The maximum atomic E-state index is 13.1. The van der Waals surface area contributed by atoms with Crippen molar-refractivity contribution in [2.24, 2.45) is 17.8 Å². The highest BCUT2D eigenvalue weighted by Gasteiger charge is 2.51. The van der Waals surface area contributed by atoms with E-state index in [1.807, 2.05) is 6.20 Å². The van der Waals surface area contributed by atoms with E-state index in [9.17, 15) is 4.79 Å². The number of piperazine rings is 1. The number of hydrogen-bond acceptors (Lipinski definition) is 5. The Labute approximate surface area is 161 Å². The van der Waals surface area contributed by atoms with Crippen molar-refractivity contribution in [3.63, 3.8) is 0 Å². The van der Waals surface area contributed by atoms with Crippen LogP contribution in [0.2, 0.25) is 0 Å². The minimum Gasteiger partial charge on any atom is -0.353 e. The Kier molecular flexibility index (Phi) is 4.34. The van der Waals surface area contributed by atoms with Crippen molar-refractivity contribution >= 4 is 11.7 Å². The molecule has 4 saturated carbocycles. The van der Waals surface area contributed by atoms with Crippen molar-refractivity contribution in [3.8, 4) is 0 Å². The molecule has 5 aliphatic rings. The minimum absolute atomic E-state index is 0.0537. The van der Waals surface area contributed by atoms with Crippen molar-refractivity contribution < 1.29 is 4.79 Å². The lowest BCUT2D eigenvalue weighted by atomic mass is 9.53. The van der Waals surface area contributed by atoms with E-state index in [4.69, 9.17) is 0 Å². The number of carbonyl (C=O) groups excluding carboxylic acids is 1. The number of nitrogens with zero attached hydrogens (tertiary/aromatic N) is 4. The van der Waals surface area contributed by atoms with Gasteiger partial charge in [-0.15, -0.1) is 0 Å². The molecule has 1 aromatic rings. The summed E-state index contributed by atoms with van der Waals surface area (Å²) in [6.07, 6.45) is 13.2. The lowest BCUT2D eigenvalue weighted by Crippen LogP contribution is -2.63. The van der Waals surface area contributed by atoms with E-state index < -0.39 is 0 Å². The molecular weight excluding hydrogens is 338 g/mol. The molecular formula is C21H31N5O. The average Bonchev–Trinajstić information content (AvgIpc) is 2.67. The number of carbonyl (C=O) groups is 1. The Morgan fingerprint density at radius 3 is 2.26 bits per heavy atom. The smallest absolute Gasteiger partial charge is 0.237 e. The first-order valence-electron chi connectivity index (χ1n) is 10.7. The molecule has 27 heavy (non-hydrogen) atoms. The lowest BCUT2D eigenvalue weighted by Gasteiger charge is -2.57. The molecule has 0 radical (unpaired) electrons. The van der Waals surface area contributed by atoms with Crippen molar-refractivity contribution in [3.05, 3.63) is 18.6 Å². The van der Waals surface area contributed by atoms with Crippen molar-refractivity contribution in [2.45, 2.75) is 57.0 Å². The normalized spacial score (nSPS) is 36.6. The highest BCUT2D eigenvalue weighted by atomic mass is 16.2. The second-order valence-corrected chi connectivity index (χ2v) is 9.45. The maximum Gasteiger partial charge on any atom is 0.237 e. The van der Waals surface area contributed by atoms with E-state index >= 15 is 0 Å². The predicted molar refractivity (Wildman–Crippen MR) is 104 cm³/mol. The zero-order valence-electron chi connectivity index (χ0n) is 16.3. The van der Waals surface area contributed by atoms with Gasteiger partial charge in [0.2, 0.25) is 5.91 Å². The third-order valence-corrected chi connectivity index (χ3v) is 7.54. The average molecular weight is 370 g/mol. The zero-order valence-corrected chi connectivity index (χ0v) is 16.3. The zero-order chi connectivity index (χ0) is 18.4. The standard InChI is InChI=1S/C21H31N5O/c1-15(25-4-6-26(7-5-25)19-14-22-2-3-23-19)20(27)24-21-11-16-8-17(12-21)10-18(9-16)13-21/h2-3,14-18H,4-13H2,1H3,(H,24,27). The topological polar surface area (TPSA) is 61.4 Å². The number of aromatic nitrogens is 2. The summed E-state index contributed by atoms with van der Waals surface area (Å²) in [5.41, 5.74) is 0.113. The van der Waals surface area contributed by atoms with Gasteiger partial charge in [0.25, 0.3) is 0 Å². The van der Waals surface area contributed by atoms with E-state index in [-0.39, 0.29) is 17.5 Å². The van der Waals surface area contributed by atoms with Crippen LogP contribution in [0.1, 0.15) is 45.4 Å².